The van der Waals surface area contributed by atoms with Crippen molar-refractivity contribution < 1.29 is 14.7 Å². The predicted octanol–water partition coefficient (Wildman–Crippen LogP) is 5.92. The van der Waals surface area contributed by atoms with Crippen LogP contribution >= 0.6 is 23.2 Å². The lowest BCUT2D eigenvalue weighted by Crippen LogP contribution is -2.29. The Morgan fingerprint density at radius 3 is 1.64 bits per heavy atom. The van der Waals surface area contributed by atoms with Gasteiger partial charge < -0.3 is 10.0 Å². The number of hydrogen-bond acceptors (Lipinski definition) is 4. The molecule has 1 aliphatic rings. The van der Waals surface area contributed by atoms with Crippen LogP contribution in [0.4, 0.5) is 0 Å². The summed E-state index contributed by atoms with van der Waals surface area (Å²) in [5.41, 5.74) is 2.44. The average Bonchev–Trinajstić information content (AvgIpc) is 2.83. The number of β-amino-alcohol motifs (C(OH)–C–C–N with tert-alkyl or cyclic N) is 1. The van der Waals surface area contributed by atoms with Gasteiger partial charge in [-0.05, 0) is 23.8 Å². The van der Waals surface area contributed by atoms with E-state index in [-0.39, 0.29) is 24.7 Å². The zero-order valence-electron chi connectivity index (χ0n) is 17.6. The molecule has 1 aliphatic heterocycles. The fourth-order valence-electron chi connectivity index (χ4n) is 3.95. The molecule has 4 rings (SSSR count). The Morgan fingerprint density at radius 1 is 0.758 bits per heavy atom. The molecule has 0 spiro atoms. The molecule has 4 nitrogen and oxygen atoms in total. The lowest BCUT2D eigenvalue weighted by atomic mass is 9.78. The zero-order chi connectivity index (χ0) is 23.4. The van der Waals surface area contributed by atoms with Crippen LogP contribution in [0.25, 0.3) is 0 Å². The van der Waals surface area contributed by atoms with Gasteiger partial charge in [-0.1, -0.05) is 83.9 Å². The Bertz CT molecular complexity index is 1150. The van der Waals surface area contributed by atoms with Crippen LogP contribution in [0, 0.1) is 0 Å². The van der Waals surface area contributed by atoms with E-state index in [9.17, 15) is 14.7 Å². The minimum atomic E-state index is -0.684. The smallest absolute Gasteiger partial charge is 0.191 e. The summed E-state index contributed by atoms with van der Waals surface area (Å²) in [6, 6.07) is 22.8. The zero-order valence-corrected chi connectivity index (χ0v) is 19.1. The number of allylic oxidation sites excluding steroid dienone is 2. The van der Waals surface area contributed by atoms with Gasteiger partial charge in [-0.15, -0.1) is 0 Å². The molecule has 0 saturated heterocycles. The van der Waals surface area contributed by atoms with Crippen LogP contribution < -0.4 is 0 Å². The number of benzene rings is 3. The van der Waals surface area contributed by atoms with E-state index in [1.807, 2.05) is 12.1 Å². The van der Waals surface area contributed by atoms with E-state index in [4.69, 9.17) is 23.2 Å². The second kappa shape index (κ2) is 10.2. The summed E-state index contributed by atoms with van der Waals surface area (Å²) < 4.78 is 0. The number of nitrogens with zero attached hydrogens (tertiary/aromatic N) is 1. The Hall–Kier alpha value is -3.18. The fourth-order valence-corrected chi connectivity index (χ4v) is 4.49. The molecule has 33 heavy (non-hydrogen) atoms. The van der Waals surface area contributed by atoms with Gasteiger partial charge in [0.25, 0.3) is 0 Å². The van der Waals surface area contributed by atoms with Gasteiger partial charge >= 0.3 is 0 Å². The first-order valence-corrected chi connectivity index (χ1v) is 11.2. The lowest BCUT2D eigenvalue weighted by molar-refractivity contribution is 0.101. The molecule has 0 bridgehead atoms. The normalized spacial score (nSPS) is 14.0. The van der Waals surface area contributed by atoms with E-state index in [0.717, 1.165) is 0 Å². The Kier molecular flexibility index (Phi) is 7.09. The first-order valence-electron chi connectivity index (χ1n) is 10.4. The van der Waals surface area contributed by atoms with Crippen LogP contribution in [-0.2, 0) is 0 Å². The Labute approximate surface area is 202 Å². The van der Waals surface area contributed by atoms with Crippen LogP contribution in [0.15, 0.2) is 102 Å². The molecule has 3 aromatic rings. The SMILES string of the molecule is O=C(C1=CN(CCO)C=C(C(=O)c2ccccc2)C1c1cc(Cl)cc(Cl)c1)c1ccccc1. The Balaban J connectivity index is 1.90. The molecule has 0 atom stereocenters. The predicted molar refractivity (Wildman–Crippen MR) is 131 cm³/mol. The van der Waals surface area contributed by atoms with E-state index in [2.05, 4.69) is 0 Å². The number of aliphatic hydroxyl groups excluding tert-OH is 1. The number of hydrogen-bond donors (Lipinski definition) is 1. The number of halogens is 2. The highest BCUT2D eigenvalue weighted by molar-refractivity contribution is 6.34. The van der Waals surface area contributed by atoms with Gasteiger partial charge in [-0.3, -0.25) is 9.59 Å². The van der Waals surface area contributed by atoms with E-state index < -0.39 is 5.92 Å². The summed E-state index contributed by atoms with van der Waals surface area (Å²) in [6.07, 6.45) is 3.37. The highest BCUT2D eigenvalue weighted by Crippen LogP contribution is 2.40. The summed E-state index contributed by atoms with van der Waals surface area (Å²) in [5.74, 6) is -1.12. The van der Waals surface area contributed by atoms with E-state index in [0.29, 0.717) is 37.9 Å². The maximum Gasteiger partial charge on any atom is 0.191 e. The Morgan fingerprint density at radius 2 is 1.21 bits per heavy atom. The van der Waals surface area contributed by atoms with Gasteiger partial charge in [-0.25, -0.2) is 0 Å². The first kappa shape index (κ1) is 23.0. The summed E-state index contributed by atoms with van der Waals surface area (Å²) in [5, 5.41) is 10.4. The first-order chi connectivity index (χ1) is 16.0. The van der Waals surface area contributed by atoms with E-state index >= 15 is 0 Å². The van der Waals surface area contributed by atoms with Crippen molar-refractivity contribution in [3.8, 4) is 0 Å². The van der Waals surface area contributed by atoms with Crippen LogP contribution in [0.1, 0.15) is 32.2 Å². The van der Waals surface area contributed by atoms with Gasteiger partial charge in [0.15, 0.2) is 11.6 Å². The van der Waals surface area contributed by atoms with Crippen LogP contribution in [0.2, 0.25) is 10.0 Å². The standard InChI is InChI=1S/C27H21Cl2NO3/c28-21-13-20(14-22(29)15-21)25-23(26(32)18-7-3-1-4-8-18)16-30(11-12-31)17-24(25)27(33)19-9-5-2-6-10-19/h1-10,13-17,25,31H,11-12H2. The van der Waals surface area contributed by atoms with Crippen molar-refractivity contribution in [1.82, 2.24) is 4.90 Å². The second-order valence-corrected chi connectivity index (χ2v) is 8.53. The molecule has 0 aromatic heterocycles. The van der Waals surface area contributed by atoms with Gasteiger partial charge in [0.1, 0.15) is 0 Å². The van der Waals surface area contributed by atoms with Crippen molar-refractivity contribution >= 4 is 34.8 Å². The maximum atomic E-state index is 13.6. The van der Waals surface area contributed by atoms with Crippen LogP contribution in [-0.4, -0.2) is 34.7 Å². The summed E-state index contributed by atoms with van der Waals surface area (Å²) >= 11 is 12.6. The third-order valence-electron chi connectivity index (χ3n) is 5.40. The van der Waals surface area contributed by atoms with Crippen LogP contribution in [0.5, 0.6) is 0 Å². The third kappa shape index (κ3) is 5.09. The van der Waals surface area contributed by atoms with E-state index in [1.54, 1.807) is 84.0 Å². The maximum absolute atomic E-state index is 13.6. The van der Waals surface area contributed by atoms with E-state index in [1.165, 1.54) is 0 Å². The number of ketones is 2. The molecular weight excluding hydrogens is 457 g/mol. The van der Waals surface area contributed by atoms with Gasteiger partial charge in [-0.2, -0.15) is 0 Å². The molecular formula is C27H21Cl2NO3. The quantitative estimate of drug-likeness (QED) is 0.429. The number of aliphatic hydroxyl groups is 1. The highest BCUT2D eigenvalue weighted by Gasteiger charge is 2.35. The van der Waals surface area contributed by atoms with Gasteiger partial charge in [0.2, 0.25) is 0 Å². The number of rotatable bonds is 7. The van der Waals surface area contributed by atoms with Crippen LogP contribution in [0.3, 0.4) is 0 Å². The molecule has 6 heteroatoms. The average molecular weight is 478 g/mol. The van der Waals surface area contributed by atoms with Crippen molar-refractivity contribution in [2.45, 2.75) is 5.92 Å². The second-order valence-electron chi connectivity index (χ2n) is 7.66. The van der Waals surface area contributed by atoms with Crippen molar-refractivity contribution in [1.29, 1.82) is 0 Å². The molecule has 0 radical (unpaired) electrons. The third-order valence-corrected chi connectivity index (χ3v) is 5.84. The molecule has 0 aliphatic carbocycles. The lowest BCUT2D eigenvalue weighted by Gasteiger charge is -2.31. The molecule has 3 aromatic carbocycles. The van der Waals surface area contributed by atoms with Gasteiger partial charge in [0.05, 0.1) is 6.61 Å². The number of carbonyl (C=O) groups excluding carboxylic acids is 2. The van der Waals surface area contributed by atoms with Crippen molar-refractivity contribution in [3.05, 3.63) is 129 Å². The molecule has 0 fully saturated rings. The largest absolute Gasteiger partial charge is 0.395 e. The minimum absolute atomic E-state index is 0.139. The summed E-state index contributed by atoms with van der Waals surface area (Å²) in [7, 11) is 0. The molecule has 166 valence electrons. The number of carbonyl (C=O) groups is 2. The topological polar surface area (TPSA) is 57.6 Å². The number of Topliss-reactive ketones (excluding diaryl/α,β-unsaturated/α-hetero) is 2. The molecule has 0 saturated carbocycles. The summed E-state index contributed by atoms with van der Waals surface area (Å²) in [6.45, 7) is 0.0977. The fraction of sp³-hybridized carbons (Fsp3) is 0.111. The highest BCUT2D eigenvalue weighted by atomic mass is 35.5. The van der Waals surface area contributed by atoms with Crippen molar-refractivity contribution in [2.24, 2.45) is 0 Å². The molecule has 1 heterocycles. The van der Waals surface area contributed by atoms with Crippen molar-refractivity contribution in [3.63, 3.8) is 0 Å². The van der Waals surface area contributed by atoms with Gasteiger partial charge in [0, 0.05) is 57.2 Å². The molecule has 0 amide bonds. The monoisotopic (exact) mass is 477 g/mol. The molecule has 0 unspecified atom stereocenters. The minimum Gasteiger partial charge on any atom is -0.395 e. The molecule has 1 N–H and O–H groups in total. The van der Waals surface area contributed by atoms with Crippen molar-refractivity contribution in [2.75, 3.05) is 13.2 Å². The summed E-state index contributed by atoms with van der Waals surface area (Å²) in [4.78, 5) is 29.0.